The molecule has 3 aromatic carbocycles. The fraction of sp³-hybridized carbons (Fsp3) is 0.136. The zero-order chi connectivity index (χ0) is 17.8. The van der Waals surface area contributed by atoms with Crippen LogP contribution in [0.15, 0.2) is 66.7 Å². The number of benzene rings is 3. The van der Waals surface area contributed by atoms with Gasteiger partial charge in [-0.25, -0.2) is 4.79 Å². The van der Waals surface area contributed by atoms with Gasteiger partial charge in [0.05, 0.1) is 7.11 Å². The van der Waals surface area contributed by atoms with Crippen molar-refractivity contribution in [3.8, 4) is 22.6 Å². The lowest BCUT2D eigenvalue weighted by Gasteiger charge is -2.16. The fourth-order valence-corrected chi connectivity index (χ4v) is 2.79. The van der Waals surface area contributed by atoms with E-state index < -0.39 is 5.97 Å². The summed E-state index contributed by atoms with van der Waals surface area (Å²) in [6, 6.07) is 21.5. The summed E-state index contributed by atoms with van der Waals surface area (Å²) in [5.74, 6) is 0.771. The number of esters is 1. The number of carbonyl (C=O) groups excluding carboxylic acids is 1. The van der Waals surface area contributed by atoms with E-state index in [-0.39, 0.29) is 0 Å². The predicted octanol–water partition coefficient (Wildman–Crippen LogP) is 5.55. The third kappa shape index (κ3) is 3.56. The van der Waals surface area contributed by atoms with Gasteiger partial charge in [-0.1, -0.05) is 54.1 Å². The summed E-state index contributed by atoms with van der Waals surface area (Å²) >= 11 is 0. The molecule has 126 valence electrons. The number of hydrogen-bond acceptors (Lipinski definition) is 3. The van der Waals surface area contributed by atoms with Crippen molar-refractivity contribution >= 4 is 5.97 Å². The molecule has 0 saturated heterocycles. The molecule has 0 unspecified atom stereocenters. The molecular weight excluding hydrogens is 312 g/mol. The fourth-order valence-electron chi connectivity index (χ4n) is 2.79. The molecule has 0 bridgehead atoms. The molecule has 0 aliphatic rings. The molecule has 25 heavy (non-hydrogen) atoms. The smallest absolute Gasteiger partial charge is 0.341 e. The lowest BCUT2D eigenvalue weighted by atomic mass is 9.95. The lowest BCUT2D eigenvalue weighted by Crippen LogP contribution is -2.07. The molecule has 3 rings (SSSR count). The van der Waals surface area contributed by atoms with Crippen molar-refractivity contribution in [2.45, 2.75) is 13.8 Å². The van der Waals surface area contributed by atoms with E-state index in [4.69, 9.17) is 9.47 Å². The van der Waals surface area contributed by atoms with E-state index in [9.17, 15) is 4.79 Å². The highest BCUT2D eigenvalue weighted by Crippen LogP contribution is 2.34. The van der Waals surface area contributed by atoms with Gasteiger partial charge < -0.3 is 9.47 Å². The Labute approximate surface area is 147 Å². The number of aryl methyl sites for hydroxylation is 1. The van der Waals surface area contributed by atoms with Crippen LogP contribution < -0.4 is 4.74 Å². The summed E-state index contributed by atoms with van der Waals surface area (Å²) in [6.07, 6.45) is 0. The maximum absolute atomic E-state index is 12.4. The van der Waals surface area contributed by atoms with Gasteiger partial charge in [0.2, 0.25) is 0 Å². The summed E-state index contributed by atoms with van der Waals surface area (Å²) in [6.45, 7) is 3.93. The summed E-state index contributed by atoms with van der Waals surface area (Å²) in [5, 5.41) is 0. The maximum Gasteiger partial charge on any atom is 0.341 e. The molecule has 0 aliphatic heterocycles. The summed E-state index contributed by atoms with van der Waals surface area (Å²) in [5.41, 5.74) is 4.47. The van der Waals surface area contributed by atoms with Gasteiger partial charge in [-0.05, 0) is 48.7 Å². The van der Waals surface area contributed by atoms with Crippen molar-refractivity contribution in [2.24, 2.45) is 0 Å². The van der Waals surface area contributed by atoms with Crippen molar-refractivity contribution in [2.75, 3.05) is 7.11 Å². The van der Waals surface area contributed by atoms with Crippen molar-refractivity contribution in [1.82, 2.24) is 0 Å². The second-order valence-corrected chi connectivity index (χ2v) is 5.88. The average molecular weight is 332 g/mol. The highest BCUT2D eigenvalue weighted by molar-refractivity contribution is 5.96. The first-order valence-electron chi connectivity index (χ1n) is 8.12. The second kappa shape index (κ2) is 7.22. The molecule has 3 heteroatoms. The van der Waals surface area contributed by atoms with Crippen LogP contribution in [0.1, 0.15) is 21.5 Å². The topological polar surface area (TPSA) is 35.5 Å². The Bertz CT molecular complexity index is 881. The highest BCUT2D eigenvalue weighted by atomic mass is 16.5. The van der Waals surface area contributed by atoms with Crippen molar-refractivity contribution in [3.05, 3.63) is 83.4 Å². The van der Waals surface area contributed by atoms with Gasteiger partial charge in [-0.2, -0.15) is 0 Å². The van der Waals surface area contributed by atoms with E-state index in [0.717, 1.165) is 22.3 Å². The van der Waals surface area contributed by atoms with Crippen molar-refractivity contribution in [1.29, 1.82) is 0 Å². The van der Waals surface area contributed by atoms with Crippen LogP contribution >= 0.6 is 0 Å². The molecule has 3 aromatic rings. The Morgan fingerprint density at radius 2 is 1.52 bits per heavy atom. The molecule has 0 aliphatic carbocycles. The molecular formula is C22H20O3. The molecule has 0 radical (unpaired) electrons. The molecule has 0 aromatic heterocycles. The normalized spacial score (nSPS) is 10.4. The van der Waals surface area contributed by atoms with Crippen LogP contribution in [-0.4, -0.2) is 13.1 Å². The van der Waals surface area contributed by atoms with Crippen LogP contribution in [0.2, 0.25) is 0 Å². The van der Waals surface area contributed by atoms with E-state index in [0.29, 0.717) is 17.1 Å². The van der Waals surface area contributed by atoms with Gasteiger partial charge >= 0.3 is 5.97 Å². The number of rotatable bonds is 4. The summed E-state index contributed by atoms with van der Waals surface area (Å²) in [4.78, 5) is 12.4. The largest absolute Gasteiger partial charge is 0.465 e. The van der Waals surface area contributed by atoms with Crippen LogP contribution in [0, 0.1) is 13.8 Å². The molecule has 0 spiro atoms. The standard InChI is InChI=1S/C22H20O3/c1-15-9-11-18(12-10-15)25-20-14-13-19(17-7-5-4-6-8-17)16(2)21(20)22(23)24-3/h4-14H,1-3H3. The third-order valence-corrected chi connectivity index (χ3v) is 4.15. The molecule has 0 heterocycles. The molecule has 0 fully saturated rings. The van der Waals surface area contributed by atoms with E-state index in [2.05, 4.69) is 0 Å². The van der Waals surface area contributed by atoms with E-state index in [1.165, 1.54) is 7.11 Å². The predicted molar refractivity (Wildman–Crippen MR) is 99.2 cm³/mol. The first-order chi connectivity index (χ1) is 12.1. The van der Waals surface area contributed by atoms with E-state index in [1.807, 2.05) is 80.6 Å². The lowest BCUT2D eigenvalue weighted by molar-refractivity contribution is 0.0597. The monoisotopic (exact) mass is 332 g/mol. The van der Waals surface area contributed by atoms with Crippen LogP contribution in [0.25, 0.3) is 11.1 Å². The van der Waals surface area contributed by atoms with Gasteiger partial charge in [0.25, 0.3) is 0 Å². The Balaban J connectivity index is 2.08. The Morgan fingerprint density at radius 1 is 0.840 bits per heavy atom. The minimum Gasteiger partial charge on any atom is -0.465 e. The SMILES string of the molecule is COC(=O)c1c(Oc2ccc(C)cc2)ccc(-c2ccccc2)c1C. The molecule has 0 amide bonds. The Kier molecular flexibility index (Phi) is 4.85. The van der Waals surface area contributed by atoms with E-state index >= 15 is 0 Å². The van der Waals surface area contributed by atoms with Gasteiger partial charge in [0.15, 0.2) is 0 Å². The van der Waals surface area contributed by atoms with Crippen LogP contribution in [0.4, 0.5) is 0 Å². The van der Waals surface area contributed by atoms with Crippen LogP contribution in [-0.2, 0) is 4.74 Å². The zero-order valence-corrected chi connectivity index (χ0v) is 14.6. The third-order valence-electron chi connectivity index (χ3n) is 4.15. The molecule has 0 N–H and O–H groups in total. The minimum absolute atomic E-state index is 0.405. The molecule has 3 nitrogen and oxygen atoms in total. The average Bonchev–Trinajstić information content (AvgIpc) is 2.64. The van der Waals surface area contributed by atoms with Gasteiger partial charge in [-0.15, -0.1) is 0 Å². The van der Waals surface area contributed by atoms with Gasteiger partial charge in [-0.3, -0.25) is 0 Å². The molecule has 0 atom stereocenters. The summed E-state index contributed by atoms with van der Waals surface area (Å²) in [7, 11) is 1.38. The van der Waals surface area contributed by atoms with Crippen molar-refractivity contribution < 1.29 is 14.3 Å². The molecule has 0 saturated carbocycles. The number of carbonyl (C=O) groups is 1. The van der Waals surface area contributed by atoms with E-state index in [1.54, 1.807) is 0 Å². The first kappa shape index (κ1) is 16.8. The number of hydrogen-bond donors (Lipinski definition) is 0. The minimum atomic E-state index is -0.405. The summed E-state index contributed by atoms with van der Waals surface area (Å²) < 4.78 is 10.9. The highest BCUT2D eigenvalue weighted by Gasteiger charge is 2.20. The second-order valence-electron chi connectivity index (χ2n) is 5.88. The Morgan fingerprint density at radius 3 is 2.16 bits per heavy atom. The van der Waals surface area contributed by atoms with Gasteiger partial charge in [0, 0.05) is 0 Å². The number of ether oxygens (including phenoxy) is 2. The quantitative estimate of drug-likeness (QED) is 0.588. The number of methoxy groups -OCH3 is 1. The van der Waals surface area contributed by atoms with Crippen LogP contribution in [0.5, 0.6) is 11.5 Å². The van der Waals surface area contributed by atoms with Crippen LogP contribution in [0.3, 0.4) is 0 Å². The Hall–Kier alpha value is -3.07. The van der Waals surface area contributed by atoms with Crippen molar-refractivity contribution in [3.63, 3.8) is 0 Å². The maximum atomic E-state index is 12.4. The zero-order valence-electron chi connectivity index (χ0n) is 14.6. The first-order valence-corrected chi connectivity index (χ1v) is 8.12. The van der Waals surface area contributed by atoms with Gasteiger partial charge in [0.1, 0.15) is 17.1 Å².